The van der Waals surface area contributed by atoms with E-state index >= 15 is 0 Å². The number of amides is 1. The summed E-state index contributed by atoms with van der Waals surface area (Å²) in [4.78, 5) is 14.1. The molecule has 0 bridgehead atoms. The zero-order valence-electron chi connectivity index (χ0n) is 15.1. The van der Waals surface area contributed by atoms with Crippen LogP contribution in [0.25, 0.3) is 6.08 Å². The van der Waals surface area contributed by atoms with Gasteiger partial charge in [0.05, 0.1) is 3.58 Å². The number of carbonyl (C=O) groups excluding carboxylic acids is 1. The average molecular weight is 468 g/mol. The number of halogens is 1. The zero-order valence-corrected chi connectivity index (χ0v) is 17.3. The molecule has 0 aliphatic rings. The molecule has 27 heavy (non-hydrogen) atoms. The molecule has 0 radical (unpaired) electrons. The Morgan fingerprint density at radius 1 is 0.852 bits per heavy atom. The molecule has 0 saturated carbocycles. The monoisotopic (exact) mass is 468 g/mol. The summed E-state index contributed by atoms with van der Waals surface area (Å²) in [7, 11) is 0. The van der Waals surface area contributed by atoms with Crippen LogP contribution in [0.5, 0.6) is 0 Å². The van der Waals surface area contributed by atoms with E-state index in [0.29, 0.717) is 10.1 Å². The summed E-state index contributed by atoms with van der Waals surface area (Å²) in [6.45, 7) is 2.54. The summed E-state index contributed by atoms with van der Waals surface area (Å²) in [6.07, 6.45) is 1.89. The highest BCUT2D eigenvalue weighted by atomic mass is 127. The fourth-order valence-corrected chi connectivity index (χ4v) is 3.33. The number of anilines is 3. The van der Waals surface area contributed by atoms with Crippen molar-refractivity contribution < 1.29 is 4.79 Å². The Bertz CT molecular complexity index is 867. The van der Waals surface area contributed by atoms with E-state index < -0.39 is 0 Å². The van der Waals surface area contributed by atoms with Crippen LogP contribution in [0.3, 0.4) is 0 Å². The maximum atomic E-state index is 11.9. The number of benzene rings is 3. The Hall–Kier alpha value is -2.60. The van der Waals surface area contributed by atoms with E-state index in [-0.39, 0.29) is 5.91 Å². The predicted octanol–water partition coefficient (Wildman–Crippen LogP) is 6.07. The van der Waals surface area contributed by atoms with Gasteiger partial charge in [-0.25, -0.2) is 0 Å². The summed E-state index contributed by atoms with van der Waals surface area (Å²) in [6, 6.07) is 28.8. The third-order valence-corrected chi connectivity index (χ3v) is 4.83. The summed E-state index contributed by atoms with van der Waals surface area (Å²) in [5.74, 6) is -0.0441. The largest absolute Gasteiger partial charge is 0.352 e. The number of hydrogen-bond donors (Lipinski definition) is 1. The molecular formula is C23H21IN2O. The average Bonchev–Trinajstić information content (AvgIpc) is 2.71. The highest BCUT2D eigenvalue weighted by Crippen LogP contribution is 2.34. The van der Waals surface area contributed by atoms with Crippen LogP contribution in [0.4, 0.5) is 17.1 Å². The highest BCUT2D eigenvalue weighted by Gasteiger charge is 2.11. The van der Waals surface area contributed by atoms with Gasteiger partial charge in [-0.05, 0) is 77.6 Å². The molecule has 136 valence electrons. The first-order valence-corrected chi connectivity index (χ1v) is 9.92. The second-order valence-corrected chi connectivity index (χ2v) is 7.11. The standard InChI is InChI=1S/C23H21IN2O/c1-2-25-23(27)22(24)17-18-13-15-21(16-14-18)26(19-9-5-3-6-10-19)20-11-7-4-8-12-20/h3-17H,2H2,1H3,(H,25,27)/b22-17+. The summed E-state index contributed by atoms with van der Waals surface area (Å²) in [5, 5.41) is 2.82. The van der Waals surface area contributed by atoms with Crippen molar-refractivity contribution in [3.8, 4) is 0 Å². The SMILES string of the molecule is CCNC(=O)/C(I)=C\c1ccc(N(c2ccccc2)c2ccccc2)cc1. The number of rotatable bonds is 6. The Morgan fingerprint density at radius 3 is 1.81 bits per heavy atom. The van der Waals surface area contributed by atoms with Gasteiger partial charge in [0.15, 0.2) is 0 Å². The number of nitrogens with zero attached hydrogens (tertiary/aromatic N) is 1. The van der Waals surface area contributed by atoms with E-state index in [0.717, 1.165) is 22.6 Å². The molecule has 0 atom stereocenters. The molecule has 0 aliphatic heterocycles. The van der Waals surface area contributed by atoms with Crippen molar-refractivity contribution in [2.75, 3.05) is 11.4 Å². The molecule has 4 heteroatoms. The zero-order chi connectivity index (χ0) is 19.1. The van der Waals surface area contributed by atoms with Gasteiger partial charge in [-0.2, -0.15) is 0 Å². The maximum Gasteiger partial charge on any atom is 0.257 e. The lowest BCUT2D eigenvalue weighted by molar-refractivity contribution is -0.116. The fraction of sp³-hybridized carbons (Fsp3) is 0.0870. The number of carbonyl (C=O) groups is 1. The van der Waals surface area contributed by atoms with Gasteiger partial charge in [-0.15, -0.1) is 0 Å². The lowest BCUT2D eigenvalue weighted by Crippen LogP contribution is -2.22. The van der Waals surface area contributed by atoms with Gasteiger partial charge in [0.25, 0.3) is 5.91 Å². The van der Waals surface area contributed by atoms with Gasteiger partial charge in [0.1, 0.15) is 0 Å². The fourth-order valence-electron chi connectivity index (χ4n) is 2.78. The third-order valence-electron chi connectivity index (χ3n) is 4.03. The summed E-state index contributed by atoms with van der Waals surface area (Å²) in [5.41, 5.74) is 4.26. The minimum absolute atomic E-state index is 0.0441. The van der Waals surface area contributed by atoms with Crippen molar-refractivity contribution in [2.24, 2.45) is 0 Å². The molecule has 3 aromatic carbocycles. The van der Waals surface area contributed by atoms with Crippen LogP contribution in [0.1, 0.15) is 12.5 Å². The highest BCUT2D eigenvalue weighted by molar-refractivity contribution is 14.1. The van der Waals surface area contributed by atoms with Gasteiger partial charge >= 0.3 is 0 Å². The van der Waals surface area contributed by atoms with Gasteiger partial charge in [0, 0.05) is 23.6 Å². The number of likely N-dealkylation sites (N-methyl/N-ethyl adjacent to an activating group) is 1. The van der Waals surface area contributed by atoms with Crippen molar-refractivity contribution in [1.29, 1.82) is 0 Å². The van der Waals surface area contributed by atoms with Crippen molar-refractivity contribution in [2.45, 2.75) is 6.92 Å². The predicted molar refractivity (Wildman–Crippen MR) is 122 cm³/mol. The topological polar surface area (TPSA) is 32.3 Å². The number of hydrogen-bond acceptors (Lipinski definition) is 2. The lowest BCUT2D eigenvalue weighted by atomic mass is 10.1. The van der Waals surface area contributed by atoms with E-state index in [4.69, 9.17) is 0 Å². The molecule has 0 unspecified atom stereocenters. The van der Waals surface area contributed by atoms with Gasteiger partial charge in [-0.1, -0.05) is 48.5 Å². The molecule has 3 aromatic rings. The quantitative estimate of drug-likeness (QED) is 0.352. The molecule has 0 spiro atoms. The van der Waals surface area contributed by atoms with Crippen LogP contribution in [-0.2, 0) is 4.79 Å². The molecule has 3 rings (SSSR count). The normalized spacial score (nSPS) is 11.1. The van der Waals surface area contributed by atoms with Gasteiger partial charge < -0.3 is 10.2 Å². The first-order valence-electron chi connectivity index (χ1n) is 8.84. The minimum Gasteiger partial charge on any atom is -0.352 e. The molecule has 0 aromatic heterocycles. The second kappa shape index (κ2) is 9.37. The third kappa shape index (κ3) is 4.98. The Labute approximate surface area is 173 Å². The molecule has 1 N–H and O–H groups in total. The minimum atomic E-state index is -0.0441. The van der Waals surface area contributed by atoms with E-state index in [9.17, 15) is 4.79 Å². The van der Waals surface area contributed by atoms with Crippen LogP contribution in [0.15, 0.2) is 88.5 Å². The van der Waals surface area contributed by atoms with Crippen molar-refractivity contribution in [3.63, 3.8) is 0 Å². The first kappa shape index (κ1) is 19.2. The molecule has 0 aliphatic carbocycles. The molecule has 3 nitrogen and oxygen atoms in total. The first-order chi connectivity index (χ1) is 13.2. The molecule has 0 saturated heterocycles. The van der Waals surface area contributed by atoms with Crippen LogP contribution in [0.2, 0.25) is 0 Å². The number of nitrogens with one attached hydrogen (secondary N) is 1. The summed E-state index contributed by atoms with van der Waals surface area (Å²) >= 11 is 2.07. The van der Waals surface area contributed by atoms with E-state index in [2.05, 4.69) is 69.2 Å². The second-order valence-electron chi connectivity index (χ2n) is 5.95. The van der Waals surface area contributed by atoms with Gasteiger partial charge in [-0.3, -0.25) is 4.79 Å². The Balaban J connectivity index is 1.93. The van der Waals surface area contributed by atoms with Crippen molar-refractivity contribution in [3.05, 3.63) is 94.1 Å². The van der Waals surface area contributed by atoms with Crippen molar-refractivity contribution in [1.82, 2.24) is 5.32 Å². The molecule has 0 heterocycles. The van der Waals surface area contributed by atoms with Gasteiger partial charge in [0.2, 0.25) is 0 Å². The molecule has 1 amide bonds. The lowest BCUT2D eigenvalue weighted by Gasteiger charge is -2.25. The Morgan fingerprint density at radius 2 is 1.33 bits per heavy atom. The smallest absolute Gasteiger partial charge is 0.257 e. The van der Waals surface area contributed by atoms with Crippen LogP contribution in [-0.4, -0.2) is 12.5 Å². The van der Waals surface area contributed by atoms with E-state index in [1.54, 1.807) is 0 Å². The van der Waals surface area contributed by atoms with Crippen LogP contribution < -0.4 is 10.2 Å². The number of para-hydroxylation sites is 2. The maximum absolute atomic E-state index is 11.9. The summed E-state index contributed by atoms with van der Waals surface area (Å²) < 4.78 is 0.671. The van der Waals surface area contributed by atoms with Crippen LogP contribution >= 0.6 is 22.6 Å². The Kier molecular flexibility index (Phi) is 6.65. The molecule has 0 fully saturated rings. The van der Waals surface area contributed by atoms with Crippen LogP contribution in [0, 0.1) is 0 Å². The van der Waals surface area contributed by atoms with Crippen molar-refractivity contribution >= 4 is 51.6 Å². The van der Waals surface area contributed by atoms with E-state index in [1.165, 1.54) is 0 Å². The molecular weight excluding hydrogens is 447 g/mol. The van der Waals surface area contributed by atoms with E-state index in [1.807, 2.05) is 61.5 Å².